The highest BCUT2D eigenvalue weighted by atomic mass is 16.8. The van der Waals surface area contributed by atoms with Crippen LogP contribution in [0.5, 0.6) is 0 Å². The van der Waals surface area contributed by atoms with Gasteiger partial charge in [0.15, 0.2) is 12.1 Å². The van der Waals surface area contributed by atoms with Crippen molar-refractivity contribution in [3.63, 3.8) is 0 Å². The minimum absolute atomic E-state index is 0.256. The summed E-state index contributed by atoms with van der Waals surface area (Å²) in [6.07, 6.45) is 0.363. The number of fused-ring (bicyclic) bond motifs is 1. The second-order valence-corrected chi connectivity index (χ2v) is 4.66. The van der Waals surface area contributed by atoms with E-state index < -0.39 is 24.2 Å². The fourth-order valence-corrected chi connectivity index (χ4v) is 2.18. The molecule has 18 heavy (non-hydrogen) atoms. The Kier molecular flexibility index (Phi) is 3.89. The SMILES string of the molecule is C=CCO[C@H]1OC[C@H](N=[N+]=[N-])[C@@H]2OC(C)(C)O[C@H]12. The van der Waals surface area contributed by atoms with Gasteiger partial charge in [0.2, 0.25) is 0 Å². The first-order valence-electron chi connectivity index (χ1n) is 5.81. The normalized spacial score (nSPS) is 37.7. The molecule has 0 saturated carbocycles. The van der Waals surface area contributed by atoms with Gasteiger partial charge in [-0.05, 0) is 19.4 Å². The Bertz CT molecular complexity index is 367. The van der Waals surface area contributed by atoms with Gasteiger partial charge in [0.1, 0.15) is 12.2 Å². The first-order valence-corrected chi connectivity index (χ1v) is 5.81. The Labute approximate surface area is 105 Å². The number of ether oxygens (including phenoxy) is 4. The van der Waals surface area contributed by atoms with Crippen molar-refractivity contribution in [2.75, 3.05) is 13.2 Å². The molecule has 0 unspecified atom stereocenters. The molecular weight excluding hydrogens is 238 g/mol. The van der Waals surface area contributed by atoms with Gasteiger partial charge in [-0.25, -0.2) is 0 Å². The first-order chi connectivity index (χ1) is 8.57. The van der Waals surface area contributed by atoms with Gasteiger partial charge in [0.05, 0.1) is 19.3 Å². The molecule has 0 radical (unpaired) electrons. The molecule has 2 aliphatic heterocycles. The summed E-state index contributed by atoms with van der Waals surface area (Å²) in [6, 6.07) is -0.398. The zero-order chi connectivity index (χ0) is 13.2. The molecule has 0 amide bonds. The van der Waals surface area contributed by atoms with Crippen molar-refractivity contribution in [2.45, 2.75) is 44.2 Å². The van der Waals surface area contributed by atoms with Crippen molar-refractivity contribution in [1.29, 1.82) is 0 Å². The standard InChI is InChI=1S/C11H17N3O4/c1-4-5-15-10-9-8(17-11(2,3)18-9)7(6-16-10)13-14-12/h4,7-10H,1,5-6H2,2-3H3/t7-,8-,9-,10-/m0/s1. The average molecular weight is 255 g/mol. The van der Waals surface area contributed by atoms with E-state index >= 15 is 0 Å². The topological polar surface area (TPSA) is 85.7 Å². The molecule has 100 valence electrons. The monoisotopic (exact) mass is 255 g/mol. The summed E-state index contributed by atoms with van der Waals surface area (Å²) >= 11 is 0. The molecule has 0 aromatic rings. The Morgan fingerprint density at radius 3 is 2.89 bits per heavy atom. The molecule has 7 heteroatoms. The van der Waals surface area contributed by atoms with Crippen LogP contribution in [0.4, 0.5) is 0 Å². The van der Waals surface area contributed by atoms with E-state index in [-0.39, 0.29) is 12.7 Å². The molecule has 2 rings (SSSR count). The molecule has 2 fully saturated rings. The number of nitrogens with zero attached hydrogens (tertiary/aromatic N) is 3. The van der Waals surface area contributed by atoms with Crippen molar-refractivity contribution in [3.8, 4) is 0 Å². The maximum absolute atomic E-state index is 8.54. The highest BCUT2D eigenvalue weighted by Crippen LogP contribution is 2.36. The minimum Gasteiger partial charge on any atom is -0.349 e. The van der Waals surface area contributed by atoms with Gasteiger partial charge in [-0.15, -0.1) is 6.58 Å². The molecule has 2 saturated heterocycles. The van der Waals surface area contributed by atoms with Crippen LogP contribution in [0.3, 0.4) is 0 Å². The molecule has 7 nitrogen and oxygen atoms in total. The van der Waals surface area contributed by atoms with E-state index in [4.69, 9.17) is 24.5 Å². The molecule has 0 aromatic heterocycles. The van der Waals surface area contributed by atoms with E-state index in [2.05, 4.69) is 16.6 Å². The Balaban J connectivity index is 2.12. The summed E-state index contributed by atoms with van der Waals surface area (Å²) in [5.41, 5.74) is 8.54. The molecular formula is C11H17N3O4. The number of hydrogen-bond donors (Lipinski definition) is 0. The summed E-state index contributed by atoms with van der Waals surface area (Å²) in [4.78, 5) is 2.81. The molecule has 0 bridgehead atoms. The zero-order valence-corrected chi connectivity index (χ0v) is 10.5. The second-order valence-electron chi connectivity index (χ2n) is 4.66. The fourth-order valence-electron chi connectivity index (χ4n) is 2.18. The van der Waals surface area contributed by atoms with Crippen molar-refractivity contribution in [2.24, 2.45) is 5.11 Å². The Morgan fingerprint density at radius 2 is 2.22 bits per heavy atom. The van der Waals surface area contributed by atoms with Crippen molar-refractivity contribution >= 4 is 0 Å². The van der Waals surface area contributed by atoms with Gasteiger partial charge in [-0.2, -0.15) is 0 Å². The highest BCUT2D eigenvalue weighted by Gasteiger charge is 2.52. The Morgan fingerprint density at radius 1 is 1.50 bits per heavy atom. The van der Waals surface area contributed by atoms with Gasteiger partial charge in [0.25, 0.3) is 0 Å². The molecule has 2 aliphatic rings. The summed E-state index contributed by atoms with van der Waals surface area (Å²) in [6.45, 7) is 7.82. The predicted molar refractivity (Wildman–Crippen MR) is 62.6 cm³/mol. The molecule has 0 aromatic carbocycles. The van der Waals surface area contributed by atoms with Crippen LogP contribution in [0, 0.1) is 0 Å². The third kappa shape index (κ3) is 2.66. The van der Waals surface area contributed by atoms with Gasteiger partial charge in [0, 0.05) is 4.91 Å². The van der Waals surface area contributed by atoms with E-state index in [0.29, 0.717) is 6.61 Å². The van der Waals surface area contributed by atoms with E-state index in [9.17, 15) is 0 Å². The summed E-state index contributed by atoms with van der Waals surface area (Å²) < 4.78 is 22.5. The van der Waals surface area contributed by atoms with Gasteiger partial charge >= 0.3 is 0 Å². The molecule has 2 heterocycles. The van der Waals surface area contributed by atoms with Crippen LogP contribution in [0.25, 0.3) is 10.4 Å². The van der Waals surface area contributed by atoms with Crippen LogP contribution >= 0.6 is 0 Å². The van der Waals surface area contributed by atoms with Crippen LogP contribution in [0.15, 0.2) is 17.8 Å². The highest BCUT2D eigenvalue weighted by molar-refractivity contribution is 4.95. The summed E-state index contributed by atoms with van der Waals surface area (Å²) in [5, 5.41) is 3.68. The van der Waals surface area contributed by atoms with Crippen molar-refractivity contribution in [3.05, 3.63) is 23.1 Å². The lowest BCUT2D eigenvalue weighted by Crippen LogP contribution is -2.51. The maximum Gasteiger partial charge on any atom is 0.186 e. The summed E-state index contributed by atoms with van der Waals surface area (Å²) in [5.74, 6) is -0.734. The second kappa shape index (κ2) is 5.26. The smallest absolute Gasteiger partial charge is 0.186 e. The Hall–Kier alpha value is -1.11. The van der Waals surface area contributed by atoms with Crippen molar-refractivity contribution in [1.82, 2.24) is 0 Å². The number of rotatable bonds is 4. The third-order valence-corrected chi connectivity index (χ3v) is 2.82. The first kappa shape index (κ1) is 13.3. The van der Waals surface area contributed by atoms with Gasteiger partial charge < -0.3 is 18.9 Å². The number of hydrogen-bond acceptors (Lipinski definition) is 5. The molecule has 0 spiro atoms. The fraction of sp³-hybridized carbons (Fsp3) is 0.818. The molecule has 0 N–H and O–H groups in total. The summed E-state index contributed by atoms with van der Waals surface area (Å²) in [7, 11) is 0. The largest absolute Gasteiger partial charge is 0.349 e. The van der Waals surface area contributed by atoms with Crippen molar-refractivity contribution < 1.29 is 18.9 Å². The van der Waals surface area contributed by atoms with Gasteiger partial charge in [-0.3, -0.25) is 0 Å². The van der Waals surface area contributed by atoms with Crippen LogP contribution in [-0.4, -0.2) is 43.5 Å². The van der Waals surface area contributed by atoms with Crippen LogP contribution in [0.2, 0.25) is 0 Å². The zero-order valence-electron chi connectivity index (χ0n) is 10.5. The quantitative estimate of drug-likeness (QED) is 0.331. The van der Waals surface area contributed by atoms with Crippen LogP contribution in [0.1, 0.15) is 13.8 Å². The third-order valence-electron chi connectivity index (χ3n) is 2.82. The van der Waals surface area contributed by atoms with E-state index in [0.717, 1.165) is 0 Å². The maximum atomic E-state index is 8.54. The van der Waals surface area contributed by atoms with Crippen LogP contribution in [-0.2, 0) is 18.9 Å². The molecule has 0 aliphatic carbocycles. The van der Waals surface area contributed by atoms with E-state index in [1.807, 2.05) is 13.8 Å². The van der Waals surface area contributed by atoms with E-state index in [1.54, 1.807) is 6.08 Å². The molecule has 4 atom stereocenters. The number of azide groups is 1. The lowest BCUT2D eigenvalue weighted by molar-refractivity contribution is -0.228. The minimum atomic E-state index is -0.734. The van der Waals surface area contributed by atoms with Gasteiger partial charge in [-0.1, -0.05) is 11.2 Å². The lowest BCUT2D eigenvalue weighted by Gasteiger charge is -2.34. The average Bonchev–Trinajstić information content (AvgIpc) is 2.64. The predicted octanol–water partition coefficient (Wildman–Crippen LogP) is 1.74. The van der Waals surface area contributed by atoms with Crippen LogP contribution < -0.4 is 0 Å². The van der Waals surface area contributed by atoms with E-state index in [1.165, 1.54) is 0 Å². The lowest BCUT2D eigenvalue weighted by atomic mass is 10.0.